The first kappa shape index (κ1) is 26.4. The van der Waals surface area contributed by atoms with E-state index in [4.69, 9.17) is 33.1 Å². The topological polar surface area (TPSA) is 57.6 Å². The number of benzene rings is 3. The Morgan fingerprint density at radius 3 is 2.27 bits per heavy atom. The zero-order valence-electron chi connectivity index (χ0n) is 19.3. The van der Waals surface area contributed by atoms with E-state index < -0.39 is 0 Å². The number of anilines is 1. The highest BCUT2D eigenvalue weighted by Crippen LogP contribution is 2.39. The van der Waals surface area contributed by atoms with E-state index in [1.165, 1.54) is 5.56 Å². The van der Waals surface area contributed by atoms with Gasteiger partial charge in [0.15, 0.2) is 0 Å². The molecule has 4 rings (SSSR count). The number of fused-ring (bicyclic) bond motifs is 1. The van der Waals surface area contributed by atoms with E-state index in [-0.39, 0.29) is 12.4 Å². The number of halogens is 2. The van der Waals surface area contributed by atoms with Crippen molar-refractivity contribution < 1.29 is 14.7 Å². The third kappa shape index (κ3) is 5.95. The Morgan fingerprint density at radius 1 is 1.00 bits per heavy atom. The molecule has 174 valence electrons. The predicted molar refractivity (Wildman–Crippen MR) is 138 cm³/mol. The Balaban J connectivity index is 0.000000714. The summed E-state index contributed by atoms with van der Waals surface area (Å²) >= 11 is 12.4. The molecule has 0 fully saturated rings. The number of hydrogen-bond donors (Lipinski definition) is 1. The van der Waals surface area contributed by atoms with Gasteiger partial charge in [0, 0.05) is 11.1 Å². The van der Waals surface area contributed by atoms with Gasteiger partial charge in [-0.25, -0.2) is 0 Å². The molecule has 0 bridgehead atoms. The minimum absolute atomic E-state index is 0.0354. The third-order valence-electron chi connectivity index (χ3n) is 5.54. The van der Waals surface area contributed by atoms with E-state index in [1.54, 1.807) is 6.07 Å². The fraction of sp³-hybridized carbons (Fsp3) is 0.259. The van der Waals surface area contributed by atoms with Gasteiger partial charge in [0.25, 0.3) is 12.4 Å². The molecule has 0 radical (unpaired) electrons. The molecule has 1 unspecified atom stereocenters. The quantitative estimate of drug-likeness (QED) is 0.380. The lowest BCUT2D eigenvalue weighted by Gasteiger charge is -2.22. The molecule has 33 heavy (non-hydrogen) atoms. The van der Waals surface area contributed by atoms with Crippen molar-refractivity contribution in [1.29, 1.82) is 0 Å². The van der Waals surface area contributed by atoms with Crippen LogP contribution in [0.1, 0.15) is 61.5 Å². The van der Waals surface area contributed by atoms with Crippen LogP contribution < -0.4 is 4.90 Å². The number of carbonyl (C=O) groups is 2. The summed E-state index contributed by atoms with van der Waals surface area (Å²) in [6, 6.07) is 19.8. The predicted octanol–water partition coefficient (Wildman–Crippen LogP) is 8.06. The molecule has 1 amide bonds. The van der Waals surface area contributed by atoms with Crippen LogP contribution in [0.3, 0.4) is 0 Å². The van der Waals surface area contributed by atoms with Crippen molar-refractivity contribution in [2.45, 2.75) is 46.6 Å². The van der Waals surface area contributed by atoms with E-state index in [9.17, 15) is 4.79 Å². The highest BCUT2D eigenvalue weighted by atomic mass is 35.5. The van der Waals surface area contributed by atoms with Gasteiger partial charge in [0.2, 0.25) is 0 Å². The molecule has 1 heterocycles. The molecule has 6 heteroatoms. The Morgan fingerprint density at radius 2 is 1.67 bits per heavy atom. The minimum Gasteiger partial charge on any atom is -0.483 e. The van der Waals surface area contributed by atoms with Gasteiger partial charge in [0.05, 0.1) is 22.3 Å². The van der Waals surface area contributed by atoms with Crippen LogP contribution in [-0.2, 0) is 11.3 Å². The molecule has 1 N–H and O–H groups in total. The largest absolute Gasteiger partial charge is 0.483 e. The summed E-state index contributed by atoms with van der Waals surface area (Å²) in [5, 5.41) is 7.92. The van der Waals surface area contributed by atoms with Crippen LogP contribution in [0.25, 0.3) is 11.1 Å². The van der Waals surface area contributed by atoms with Crippen LogP contribution in [0.5, 0.6) is 0 Å². The van der Waals surface area contributed by atoms with Crippen molar-refractivity contribution >= 4 is 41.3 Å². The summed E-state index contributed by atoms with van der Waals surface area (Å²) in [7, 11) is 0. The lowest BCUT2D eigenvalue weighted by molar-refractivity contribution is -0.122. The van der Waals surface area contributed by atoms with Gasteiger partial charge in [-0.15, -0.1) is 0 Å². The first-order valence-corrected chi connectivity index (χ1v) is 11.7. The van der Waals surface area contributed by atoms with Crippen molar-refractivity contribution in [3.05, 3.63) is 87.4 Å². The monoisotopic (exact) mass is 485 g/mol. The maximum atomic E-state index is 13.1. The van der Waals surface area contributed by atoms with E-state index >= 15 is 0 Å². The van der Waals surface area contributed by atoms with Crippen LogP contribution >= 0.6 is 23.2 Å². The molecule has 4 nitrogen and oxygen atoms in total. The van der Waals surface area contributed by atoms with Gasteiger partial charge < -0.3 is 10.0 Å². The summed E-state index contributed by atoms with van der Waals surface area (Å²) in [6.45, 7) is 8.72. The van der Waals surface area contributed by atoms with E-state index in [0.29, 0.717) is 22.5 Å². The second-order valence-electron chi connectivity index (χ2n) is 7.37. The molecule has 0 saturated heterocycles. The zero-order valence-corrected chi connectivity index (χ0v) is 20.8. The Kier molecular flexibility index (Phi) is 9.95. The van der Waals surface area contributed by atoms with Crippen molar-refractivity contribution in [2.75, 3.05) is 4.90 Å². The molecular weight excluding hydrogens is 457 g/mol. The molecule has 0 aliphatic carbocycles. The highest BCUT2D eigenvalue weighted by Gasteiger charge is 2.30. The number of carboxylic acid groups (broad SMARTS) is 1. The van der Waals surface area contributed by atoms with E-state index in [2.05, 4.69) is 32.0 Å². The van der Waals surface area contributed by atoms with Crippen LogP contribution in [0.4, 0.5) is 5.69 Å². The van der Waals surface area contributed by atoms with E-state index in [1.807, 2.05) is 55.1 Å². The van der Waals surface area contributed by atoms with Crippen molar-refractivity contribution in [3.63, 3.8) is 0 Å². The lowest BCUT2D eigenvalue weighted by atomic mass is 9.93. The Hall–Kier alpha value is -2.82. The van der Waals surface area contributed by atoms with Crippen LogP contribution in [-0.4, -0.2) is 17.5 Å². The first-order valence-electron chi connectivity index (χ1n) is 11.0. The van der Waals surface area contributed by atoms with Gasteiger partial charge >= 0.3 is 0 Å². The van der Waals surface area contributed by atoms with Gasteiger partial charge in [-0.05, 0) is 59.4 Å². The number of hydrogen-bond acceptors (Lipinski definition) is 2. The average Bonchev–Trinajstić information content (AvgIpc) is 3.18. The summed E-state index contributed by atoms with van der Waals surface area (Å²) in [4.78, 5) is 23.3. The van der Waals surface area contributed by atoms with Gasteiger partial charge in [-0.2, -0.15) is 0 Å². The Labute approximate surface area is 205 Å². The second-order valence-corrected chi connectivity index (χ2v) is 8.18. The second kappa shape index (κ2) is 12.4. The van der Waals surface area contributed by atoms with Crippen LogP contribution in [0.2, 0.25) is 10.0 Å². The average molecular weight is 486 g/mol. The van der Waals surface area contributed by atoms with Gasteiger partial charge in [0.1, 0.15) is 0 Å². The van der Waals surface area contributed by atoms with Crippen LogP contribution in [0.15, 0.2) is 60.7 Å². The normalized spacial score (nSPS) is 12.7. The van der Waals surface area contributed by atoms with Crippen molar-refractivity contribution in [1.82, 2.24) is 0 Å². The maximum Gasteiger partial charge on any atom is 0.290 e. The molecule has 3 aromatic carbocycles. The summed E-state index contributed by atoms with van der Waals surface area (Å²) in [5.74, 6) is 0.468. The number of carbonyl (C=O) groups excluding carboxylic acids is 1. The smallest absolute Gasteiger partial charge is 0.290 e. The maximum absolute atomic E-state index is 13.1. The summed E-state index contributed by atoms with van der Waals surface area (Å²) in [5.41, 5.74) is 5.92. The van der Waals surface area contributed by atoms with Gasteiger partial charge in [-0.1, -0.05) is 81.2 Å². The van der Waals surface area contributed by atoms with Crippen LogP contribution in [0, 0.1) is 0 Å². The standard InChI is InChI=1S/C24H21Cl2NO.C2H6.CH2O2/c1-3-15(2)16-9-11-23(20(12-16)17-8-10-21(25)22(26)13-17)27-14-18-6-4-5-7-19(18)24(27)28;1-2;2-1-3/h4-13,15H,3,14H2,1-2H3;1-2H3;1H,(H,2,3). The summed E-state index contributed by atoms with van der Waals surface area (Å²) in [6.07, 6.45) is 1.05. The first-order chi connectivity index (χ1) is 15.9. The highest BCUT2D eigenvalue weighted by molar-refractivity contribution is 6.42. The SMILES string of the molecule is CC.CCC(C)c1ccc(N2Cc3ccccc3C2=O)c(-c2ccc(Cl)c(Cl)c2)c1.O=CO. The molecule has 0 spiro atoms. The molecule has 1 atom stereocenters. The molecule has 0 saturated carbocycles. The third-order valence-corrected chi connectivity index (χ3v) is 6.28. The molecular formula is C27H29Cl2NO3. The fourth-order valence-corrected chi connectivity index (χ4v) is 3.97. The van der Waals surface area contributed by atoms with Crippen molar-refractivity contribution in [3.8, 4) is 11.1 Å². The van der Waals surface area contributed by atoms with Crippen molar-refractivity contribution in [2.24, 2.45) is 0 Å². The molecule has 1 aliphatic rings. The fourth-order valence-electron chi connectivity index (χ4n) is 3.68. The molecule has 0 aromatic heterocycles. The summed E-state index contributed by atoms with van der Waals surface area (Å²) < 4.78 is 0. The number of amides is 1. The number of rotatable bonds is 4. The van der Waals surface area contributed by atoms with E-state index in [0.717, 1.165) is 34.4 Å². The Bertz CT molecular complexity index is 1110. The zero-order chi connectivity index (χ0) is 24.5. The minimum atomic E-state index is -0.250. The lowest BCUT2D eigenvalue weighted by Crippen LogP contribution is -2.23. The molecule has 3 aromatic rings. The van der Waals surface area contributed by atoms with Gasteiger partial charge in [-0.3, -0.25) is 9.59 Å². The molecule has 1 aliphatic heterocycles. The number of nitrogens with zero attached hydrogens (tertiary/aromatic N) is 1.